The highest BCUT2D eigenvalue weighted by atomic mass is 16.5. The van der Waals surface area contributed by atoms with E-state index in [4.69, 9.17) is 4.74 Å². The molecule has 1 aromatic heterocycles. The van der Waals surface area contributed by atoms with Crippen LogP contribution < -0.4 is 10.3 Å². The fraction of sp³-hybridized carbons (Fsp3) is 0.474. The van der Waals surface area contributed by atoms with Gasteiger partial charge in [-0.2, -0.15) is 0 Å². The minimum absolute atomic E-state index is 0.0569. The van der Waals surface area contributed by atoms with Crippen molar-refractivity contribution in [2.75, 3.05) is 13.7 Å². The number of rotatable bonds is 3. The van der Waals surface area contributed by atoms with Crippen molar-refractivity contribution < 1.29 is 9.84 Å². The number of hydrogen-bond donors (Lipinski definition) is 2. The van der Waals surface area contributed by atoms with E-state index in [1.165, 1.54) is 0 Å². The summed E-state index contributed by atoms with van der Waals surface area (Å²) in [7, 11) is 1.57. The van der Waals surface area contributed by atoms with Gasteiger partial charge >= 0.3 is 0 Å². The third-order valence-corrected chi connectivity index (χ3v) is 4.54. The number of H-pyrrole nitrogens is 1. The summed E-state index contributed by atoms with van der Waals surface area (Å²) in [5, 5.41) is 10.1. The maximum Gasteiger partial charge on any atom is 0.255 e. The second-order valence-corrected chi connectivity index (χ2v) is 7.55. The number of fused-ring (bicyclic) bond motifs is 1. The lowest BCUT2D eigenvalue weighted by Crippen LogP contribution is -2.37. The number of nitrogens with zero attached hydrogens (tertiary/aromatic N) is 2. The third-order valence-electron chi connectivity index (χ3n) is 4.54. The van der Waals surface area contributed by atoms with Crippen LogP contribution in [0.5, 0.6) is 11.5 Å². The molecule has 25 heavy (non-hydrogen) atoms. The summed E-state index contributed by atoms with van der Waals surface area (Å²) in [4.78, 5) is 22.2. The summed E-state index contributed by atoms with van der Waals surface area (Å²) in [6.45, 7) is 8.04. The van der Waals surface area contributed by atoms with Gasteiger partial charge in [0.15, 0.2) is 0 Å². The van der Waals surface area contributed by atoms with Crippen LogP contribution in [-0.4, -0.2) is 33.6 Å². The molecular formula is C19H25N3O3. The number of aromatic hydroxyl groups is 1. The first-order chi connectivity index (χ1) is 11.8. The Kier molecular flexibility index (Phi) is 4.56. The lowest BCUT2D eigenvalue weighted by atomic mass is 9.95. The Morgan fingerprint density at radius 1 is 1.36 bits per heavy atom. The van der Waals surface area contributed by atoms with Crippen LogP contribution in [0.25, 0.3) is 0 Å². The number of phenols is 1. The van der Waals surface area contributed by atoms with Gasteiger partial charge in [0.1, 0.15) is 17.3 Å². The number of methoxy groups -OCH3 is 1. The summed E-state index contributed by atoms with van der Waals surface area (Å²) >= 11 is 0. The Labute approximate surface area is 147 Å². The lowest BCUT2D eigenvalue weighted by molar-refractivity contribution is 0.237. The molecule has 0 radical (unpaired) electrons. The summed E-state index contributed by atoms with van der Waals surface area (Å²) in [6.07, 6.45) is 0.735. The second kappa shape index (κ2) is 6.52. The highest BCUT2D eigenvalue weighted by Gasteiger charge is 2.25. The number of nitrogens with one attached hydrogen (secondary N) is 1. The molecule has 1 aromatic carbocycles. The highest BCUT2D eigenvalue weighted by Crippen LogP contribution is 2.26. The molecule has 0 saturated heterocycles. The van der Waals surface area contributed by atoms with E-state index in [1.54, 1.807) is 13.2 Å². The van der Waals surface area contributed by atoms with Crippen LogP contribution in [0, 0.1) is 0 Å². The molecule has 6 nitrogen and oxygen atoms in total. The topological polar surface area (TPSA) is 78.5 Å². The Morgan fingerprint density at radius 2 is 2.12 bits per heavy atom. The molecule has 0 saturated carbocycles. The molecule has 0 unspecified atom stereocenters. The second-order valence-electron chi connectivity index (χ2n) is 7.55. The molecule has 2 heterocycles. The van der Waals surface area contributed by atoms with Gasteiger partial charge in [0.25, 0.3) is 5.56 Å². The molecule has 0 spiro atoms. The average Bonchev–Trinajstić information content (AvgIpc) is 2.56. The molecule has 0 amide bonds. The average molecular weight is 343 g/mol. The number of ether oxygens (including phenoxy) is 1. The SMILES string of the molecule is COc1ccc(CN2CCc3nc(C(C)(C)C)[nH]c(=O)c3C2)c(O)c1. The normalized spacial score (nSPS) is 15.0. The van der Waals surface area contributed by atoms with Gasteiger partial charge in [0, 0.05) is 43.1 Å². The van der Waals surface area contributed by atoms with Gasteiger partial charge in [0.2, 0.25) is 0 Å². The number of hydrogen-bond acceptors (Lipinski definition) is 5. The Morgan fingerprint density at radius 3 is 2.76 bits per heavy atom. The molecule has 134 valence electrons. The summed E-state index contributed by atoms with van der Waals surface area (Å²) < 4.78 is 5.11. The van der Waals surface area contributed by atoms with Crippen LogP contribution >= 0.6 is 0 Å². The van der Waals surface area contributed by atoms with Crippen molar-refractivity contribution in [3.05, 3.63) is 51.2 Å². The molecule has 2 N–H and O–H groups in total. The van der Waals surface area contributed by atoms with Crippen molar-refractivity contribution in [1.82, 2.24) is 14.9 Å². The monoisotopic (exact) mass is 343 g/mol. The van der Waals surface area contributed by atoms with E-state index < -0.39 is 0 Å². The lowest BCUT2D eigenvalue weighted by Gasteiger charge is -2.29. The molecule has 0 aliphatic carbocycles. The molecule has 6 heteroatoms. The molecule has 0 fully saturated rings. The van der Waals surface area contributed by atoms with Crippen LogP contribution in [0.15, 0.2) is 23.0 Å². The number of phenolic OH excluding ortho intramolecular Hbond substituents is 1. The van der Waals surface area contributed by atoms with Gasteiger partial charge in [-0.3, -0.25) is 9.69 Å². The van der Waals surface area contributed by atoms with Crippen LogP contribution in [0.4, 0.5) is 0 Å². The maximum absolute atomic E-state index is 12.5. The van der Waals surface area contributed by atoms with E-state index in [2.05, 4.69) is 14.9 Å². The van der Waals surface area contributed by atoms with Crippen LogP contribution in [0.3, 0.4) is 0 Å². The highest BCUT2D eigenvalue weighted by molar-refractivity contribution is 5.39. The largest absolute Gasteiger partial charge is 0.507 e. The van der Waals surface area contributed by atoms with Crippen molar-refractivity contribution >= 4 is 0 Å². The fourth-order valence-electron chi connectivity index (χ4n) is 3.02. The van der Waals surface area contributed by atoms with E-state index in [1.807, 2.05) is 32.9 Å². The quantitative estimate of drug-likeness (QED) is 0.894. The zero-order valence-corrected chi connectivity index (χ0v) is 15.2. The molecule has 2 aromatic rings. The van der Waals surface area contributed by atoms with Gasteiger partial charge in [-0.1, -0.05) is 26.8 Å². The van der Waals surface area contributed by atoms with E-state index in [-0.39, 0.29) is 16.7 Å². The Hall–Kier alpha value is -2.34. The third kappa shape index (κ3) is 3.69. The van der Waals surface area contributed by atoms with Gasteiger partial charge in [-0.15, -0.1) is 0 Å². The summed E-state index contributed by atoms with van der Waals surface area (Å²) in [5.41, 5.74) is 2.20. The zero-order valence-electron chi connectivity index (χ0n) is 15.2. The van der Waals surface area contributed by atoms with Crippen LogP contribution in [0.1, 0.15) is 43.4 Å². The van der Waals surface area contributed by atoms with E-state index in [9.17, 15) is 9.90 Å². The smallest absolute Gasteiger partial charge is 0.255 e. The standard InChI is InChI=1S/C19H25N3O3/c1-19(2,3)18-20-15-7-8-22(11-14(15)17(24)21-18)10-12-5-6-13(25-4)9-16(12)23/h5-6,9,23H,7-8,10-11H2,1-4H3,(H,20,21,24). The van der Waals surface area contributed by atoms with Gasteiger partial charge in [0.05, 0.1) is 18.4 Å². The number of aromatic amines is 1. The van der Waals surface area contributed by atoms with Crippen molar-refractivity contribution in [2.45, 2.75) is 45.7 Å². The van der Waals surface area contributed by atoms with Gasteiger partial charge in [-0.25, -0.2) is 4.98 Å². The Bertz CT molecular complexity index is 837. The van der Waals surface area contributed by atoms with Crippen molar-refractivity contribution in [3.8, 4) is 11.5 Å². The Balaban J connectivity index is 1.81. The maximum atomic E-state index is 12.5. The number of aromatic nitrogens is 2. The van der Waals surface area contributed by atoms with E-state index >= 15 is 0 Å². The molecule has 1 aliphatic rings. The predicted octanol–water partition coefficient (Wildman–Crippen LogP) is 2.34. The van der Waals surface area contributed by atoms with Gasteiger partial charge < -0.3 is 14.8 Å². The van der Waals surface area contributed by atoms with Crippen LogP contribution in [0.2, 0.25) is 0 Å². The van der Waals surface area contributed by atoms with Crippen molar-refractivity contribution in [3.63, 3.8) is 0 Å². The molecular weight excluding hydrogens is 318 g/mol. The zero-order chi connectivity index (χ0) is 18.2. The van der Waals surface area contributed by atoms with E-state index in [0.29, 0.717) is 18.8 Å². The minimum Gasteiger partial charge on any atom is -0.507 e. The van der Waals surface area contributed by atoms with Crippen molar-refractivity contribution in [1.29, 1.82) is 0 Å². The summed E-state index contributed by atoms with van der Waals surface area (Å²) in [5.74, 6) is 1.57. The van der Waals surface area contributed by atoms with Gasteiger partial charge in [-0.05, 0) is 6.07 Å². The number of benzene rings is 1. The first kappa shape index (κ1) is 17.5. The predicted molar refractivity (Wildman–Crippen MR) is 96.0 cm³/mol. The van der Waals surface area contributed by atoms with Crippen LogP contribution in [-0.2, 0) is 24.9 Å². The minimum atomic E-state index is -0.180. The molecule has 1 aliphatic heterocycles. The first-order valence-corrected chi connectivity index (χ1v) is 8.48. The first-order valence-electron chi connectivity index (χ1n) is 8.48. The fourth-order valence-corrected chi connectivity index (χ4v) is 3.02. The molecule has 0 bridgehead atoms. The van der Waals surface area contributed by atoms with Crippen molar-refractivity contribution in [2.24, 2.45) is 0 Å². The summed E-state index contributed by atoms with van der Waals surface area (Å²) in [6, 6.07) is 5.29. The molecule has 3 rings (SSSR count). The molecule has 0 atom stereocenters. The van der Waals surface area contributed by atoms with E-state index in [0.717, 1.165) is 35.6 Å².